The zero-order chi connectivity index (χ0) is 15.6. The van der Waals surface area contributed by atoms with Crippen molar-refractivity contribution in [3.05, 3.63) is 30.1 Å². The molecule has 114 valence electrons. The van der Waals surface area contributed by atoms with E-state index in [1.807, 2.05) is 6.92 Å². The van der Waals surface area contributed by atoms with Gasteiger partial charge in [-0.3, -0.25) is 9.69 Å². The molecule has 1 fully saturated rings. The van der Waals surface area contributed by atoms with Crippen molar-refractivity contribution in [3.63, 3.8) is 0 Å². The van der Waals surface area contributed by atoms with Crippen molar-refractivity contribution >= 4 is 17.7 Å². The minimum absolute atomic E-state index is 0.193. The summed E-state index contributed by atoms with van der Waals surface area (Å²) in [4.78, 5) is 26.8. The molecule has 6 heteroatoms. The van der Waals surface area contributed by atoms with Crippen LogP contribution in [-0.2, 0) is 4.79 Å². The van der Waals surface area contributed by atoms with Gasteiger partial charge in [-0.2, -0.15) is 0 Å². The van der Waals surface area contributed by atoms with E-state index in [0.29, 0.717) is 25.2 Å². The lowest BCUT2D eigenvalue weighted by molar-refractivity contribution is -0.146. The molecule has 1 aliphatic heterocycles. The second-order valence-electron chi connectivity index (χ2n) is 5.54. The van der Waals surface area contributed by atoms with Gasteiger partial charge in [0.25, 0.3) is 0 Å². The Bertz CT molecular complexity index is 546. The van der Waals surface area contributed by atoms with Crippen LogP contribution < -0.4 is 4.90 Å². The lowest BCUT2D eigenvalue weighted by atomic mass is 9.90. The number of anilines is 1. The molecule has 1 atom stereocenters. The maximum Gasteiger partial charge on any atom is 0.324 e. The van der Waals surface area contributed by atoms with Crippen LogP contribution in [0.1, 0.15) is 20.3 Å². The number of aliphatic carboxylic acids is 1. The highest BCUT2D eigenvalue weighted by Gasteiger charge is 2.43. The van der Waals surface area contributed by atoms with E-state index >= 15 is 0 Å². The fourth-order valence-corrected chi connectivity index (χ4v) is 2.52. The van der Waals surface area contributed by atoms with Crippen LogP contribution in [-0.4, -0.2) is 41.6 Å². The summed E-state index contributed by atoms with van der Waals surface area (Å²) in [6.07, 6.45) is 0.440. The fraction of sp³-hybridized carbons (Fsp3) is 0.467. The van der Waals surface area contributed by atoms with E-state index < -0.39 is 11.4 Å². The van der Waals surface area contributed by atoms with Gasteiger partial charge in [-0.1, -0.05) is 0 Å². The number of nitrogens with zero attached hydrogens (tertiary/aromatic N) is 2. The minimum Gasteiger partial charge on any atom is -0.481 e. The molecule has 2 rings (SSSR count). The van der Waals surface area contributed by atoms with E-state index in [9.17, 15) is 19.1 Å². The van der Waals surface area contributed by atoms with Gasteiger partial charge in [0.05, 0.1) is 5.41 Å². The van der Waals surface area contributed by atoms with E-state index in [-0.39, 0.29) is 18.4 Å². The van der Waals surface area contributed by atoms with Crippen molar-refractivity contribution < 1.29 is 19.1 Å². The molecule has 0 aliphatic carbocycles. The summed E-state index contributed by atoms with van der Waals surface area (Å²) in [6, 6.07) is 5.45. The molecule has 1 aliphatic rings. The Morgan fingerprint density at radius 2 is 2.00 bits per heavy atom. The predicted octanol–water partition coefficient (Wildman–Crippen LogP) is 2.57. The predicted molar refractivity (Wildman–Crippen MR) is 76.7 cm³/mol. The van der Waals surface area contributed by atoms with Crippen molar-refractivity contribution in [1.82, 2.24) is 4.90 Å². The lowest BCUT2D eigenvalue weighted by Gasteiger charge is -2.28. The smallest absolute Gasteiger partial charge is 0.324 e. The van der Waals surface area contributed by atoms with Crippen molar-refractivity contribution in [1.29, 1.82) is 0 Å². The molecule has 1 unspecified atom stereocenters. The number of benzene rings is 1. The second kappa shape index (κ2) is 5.71. The maximum absolute atomic E-state index is 13.0. The van der Waals surface area contributed by atoms with Gasteiger partial charge in [-0.15, -0.1) is 0 Å². The van der Waals surface area contributed by atoms with E-state index in [1.165, 1.54) is 17.0 Å². The second-order valence-corrected chi connectivity index (χ2v) is 5.54. The Hall–Kier alpha value is -2.11. The molecule has 1 heterocycles. The topological polar surface area (TPSA) is 60.9 Å². The van der Waals surface area contributed by atoms with Gasteiger partial charge in [-0.05, 0) is 44.5 Å². The van der Waals surface area contributed by atoms with Crippen LogP contribution in [0.2, 0.25) is 0 Å². The molecule has 0 spiro atoms. The molecule has 0 saturated carbocycles. The Kier molecular flexibility index (Phi) is 4.16. The summed E-state index contributed by atoms with van der Waals surface area (Å²) in [5.74, 6) is -1.25. The lowest BCUT2D eigenvalue weighted by Crippen LogP contribution is -2.43. The van der Waals surface area contributed by atoms with Crippen molar-refractivity contribution in [2.45, 2.75) is 20.3 Å². The van der Waals surface area contributed by atoms with Crippen molar-refractivity contribution in [2.75, 3.05) is 24.5 Å². The first-order chi connectivity index (χ1) is 9.87. The van der Waals surface area contributed by atoms with Gasteiger partial charge in [0, 0.05) is 25.3 Å². The van der Waals surface area contributed by atoms with Crippen molar-refractivity contribution in [3.8, 4) is 0 Å². The number of amides is 2. The van der Waals surface area contributed by atoms with Crippen LogP contribution in [0.3, 0.4) is 0 Å². The highest BCUT2D eigenvalue weighted by atomic mass is 19.1. The van der Waals surface area contributed by atoms with E-state index in [1.54, 1.807) is 24.0 Å². The molecule has 2 amide bonds. The molecular formula is C15H19FN2O3. The first kappa shape index (κ1) is 15.3. The van der Waals surface area contributed by atoms with Gasteiger partial charge < -0.3 is 10.0 Å². The number of halogens is 1. The molecule has 0 aromatic heterocycles. The third-order valence-corrected chi connectivity index (χ3v) is 3.95. The van der Waals surface area contributed by atoms with Crippen LogP contribution >= 0.6 is 0 Å². The number of hydrogen-bond donors (Lipinski definition) is 1. The summed E-state index contributed by atoms with van der Waals surface area (Å²) < 4.78 is 13.0. The SMILES string of the molecule is CCN(C(=O)N1CCC(C)(C(=O)O)C1)c1ccc(F)cc1. The molecule has 1 aromatic rings. The molecule has 21 heavy (non-hydrogen) atoms. The average Bonchev–Trinajstić information content (AvgIpc) is 2.86. The number of carbonyl (C=O) groups is 2. The highest BCUT2D eigenvalue weighted by molar-refractivity contribution is 5.92. The quantitative estimate of drug-likeness (QED) is 0.932. The van der Waals surface area contributed by atoms with E-state index in [2.05, 4.69) is 0 Å². The first-order valence-corrected chi connectivity index (χ1v) is 6.93. The molecule has 1 saturated heterocycles. The van der Waals surface area contributed by atoms with Crippen LogP contribution in [0.4, 0.5) is 14.9 Å². The fourth-order valence-electron chi connectivity index (χ4n) is 2.52. The standard InChI is InChI=1S/C15H19FN2O3/c1-3-18(12-6-4-11(16)5-7-12)14(21)17-9-8-15(2,10-17)13(19)20/h4-7H,3,8-10H2,1-2H3,(H,19,20). The van der Waals surface area contributed by atoms with E-state index in [0.717, 1.165) is 0 Å². The maximum atomic E-state index is 13.0. The number of likely N-dealkylation sites (tertiary alicyclic amines) is 1. The minimum atomic E-state index is -0.891. The molecule has 5 nitrogen and oxygen atoms in total. The number of hydrogen-bond acceptors (Lipinski definition) is 2. The number of rotatable bonds is 3. The van der Waals surface area contributed by atoms with E-state index in [4.69, 9.17) is 0 Å². The van der Waals surface area contributed by atoms with Gasteiger partial charge in [-0.25, -0.2) is 9.18 Å². The van der Waals surface area contributed by atoms with Crippen LogP contribution in [0, 0.1) is 11.2 Å². The summed E-state index contributed by atoms with van der Waals surface area (Å²) in [5.41, 5.74) is -0.287. The van der Waals surface area contributed by atoms with Crippen molar-refractivity contribution in [2.24, 2.45) is 5.41 Å². The largest absolute Gasteiger partial charge is 0.481 e. The van der Waals surface area contributed by atoms with Gasteiger partial charge in [0.15, 0.2) is 0 Å². The third-order valence-electron chi connectivity index (χ3n) is 3.95. The average molecular weight is 294 g/mol. The number of carboxylic acids is 1. The molecule has 1 aromatic carbocycles. The monoisotopic (exact) mass is 294 g/mol. The number of carboxylic acid groups (broad SMARTS) is 1. The van der Waals surface area contributed by atoms with Gasteiger partial charge in [0.2, 0.25) is 0 Å². The van der Waals surface area contributed by atoms with Gasteiger partial charge >= 0.3 is 12.0 Å². The third kappa shape index (κ3) is 2.99. The summed E-state index contributed by atoms with van der Waals surface area (Å²) >= 11 is 0. The number of urea groups is 1. The summed E-state index contributed by atoms with van der Waals surface area (Å²) in [6.45, 7) is 4.52. The molecular weight excluding hydrogens is 275 g/mol. The summed E-state index contributed by atoms with van der Waals surface area (Å²) in [7, 11) is 0. The van der Waals surface area contributed by atoms with Crippen LogP contribution in [0.25, 0.3) is 0 Å². The zero-order valence-corrected chi connectivity index (χ0v) is 12.2. The summed E-state index contributed by atoms with van der Waals surface area (Å²) in [5, 5.41) is 9.22. The Labute approximate surface area is 123 Å². The molecule has 0 radical (unpaired) electrons. The number of carbonyl (C=O) groups excluding carboxylic acids is 1. The molecule has 1 N–H and O–H groups in total. The van der Waals surface area contributed by atoms with Crippen LogP contribution in [0.15, 0.2) is 24.3 Å². The highest BCUT2D eigenvalue weighted by Crippen LogP contribution is 2.31. The first-order valence-electron chi connectivity index (χ1n) is 6.93. The van der Waals surface area contributed by atoms with Gasteiger partial charge in [0.1, 0.15) is 5.82 Å². The van der Waals surface area contributed by atoms with Crippen LogP contribution in [0.5, 0.6) is 0 Å². The zero-order valence-electron chi connectivity index (χ0n) is 12.2. The Balaban J connectivity index is 2.15. The molecule has 0 bridgehead atoms. The Morgan fingerprint density at radius 3 is 2.48 bits per heavy atom. The Morgan fingerprint density at radius 1 is 1.38 bits per heavy atom. The normalized spacial score (nSPS) is 21.4.